The second-order valence-electron chi connectivity index (χ2n) is 9.75. The highest BCUT2D eigenvalue weighted by molar-refractivity contribution is 5.83. The molecule has 176 valence electrons. The monoisotopic (exact) mass is 448 g/mol. The zero-order valence-corrected chi connectivity index (χ0v) is 20.4. The number of benzene rings is 1. The third-order valence-electron chi connectivity index (χ3n) is 7.27. The van der Waals surface area contributed by atoms with Crippen LogP contribution in [0.3, 0.4) is 0 Å². The Kier molecular flexibility index (Phi) is 7.11. The standard InChI is InChI=1S/C27H36N4O2/c1-18-9-11-22(12-10-18)19(2)27(33)31-15-7-8-23(17-31)26-28-20(3)24(21(4)29-26)16-25(32)30-13-5-6-14-30/h9-12,19,23H,5-8,13-17H2,1-4H3. The Morgan fingerprint density at radius 2 is 1.55 bits per heavy atom. The molecule has 2 aliphatic rings. The van der Waals surface area contributed by atoms with E-state index < -0.39 is 0 Å². The second kappa shape index (κ2) is 10.0. The highest BCUT2D eigenvalue weighted by Gasteiger charge is 2.30. The lowest BCUT2D eigenvalue weighted by molar-refractivity contribution is -0.133. The van der Waals surface area contributed by atoms with Crippen molar-refractivity contribution in [2.75, 3.05) is 26.2 Å². The summed E-state index contributed by atoms with van der Waals surface area (Å²) in [6.07, 6.45) is 4.50. The molecule has 6 nitrogen and oxygen atoms in total. The van der Waals surface area contributed by atoms with Crippen LogP contribution in [0.15, 0.2) is 24.3 Å². The number of nitrogens with zero attached hydrogens (tertiary/aromatic N) is 4. The summed E-state index contributed by atoms with van der Waals surface area (Å²) in [6.45, 7) is 11.2. The third-order valence-corrected chi connectivity index (χ3v) is 7.27. The van der Waals surface area contributed by atoms with E-state index >= 15 is 0 Å². The zero-order valence-electron chi connectivity index (χ0n) is 20.4. The SMILES string of the molecule is Cc1ccc(C(C)C(=O)N2CCCC(c3nc(C)c(CC(=O)N4CCCC4)c(C)n3)C2)cc1. The molecule has 4 rings (SSSR count). The van der Waals surface area contributed by atoms with Crippen molar-refractivity contribution in [3.05, 3.63) is 58.2 Å². The van der Waals surface area contributed by atoms with E-state index in [2.05, 4.69) is 31.2 Å². The van der Waals surface area contributed by atoms with Gasteiger partial charge in [0.05, 0.1) is 12.3 Å². The van der Waals surface area contributed by atoms with Crippen LogP contribution < -0.4 is 0 Å². The first-order chi connectivity index (χ1) is 15.8. The van der Waals surface area contributed by atoms with Crippen molar-refractivity contribution >= 4 is 11.8 Å². The van der Waals surface area contributed by atoms with Gasteiger partial charge < -0.3 is 9.80 Å². The van der Waals surface area contributed by atoms with Gasteiger partial charge >= 0.3 is 0 Å². The van der Waals surface area contributed by atoms with E-state index in [-0.39, 0.29) is 23.7 Å². The van der Waals surface area contributed by atoms with Crippen molar-refractivity contribution in [1.82, 2.24) is 19.8 Å². The average Bonchev–Trinajstić information content (AvgIpc) is 3.36. The lowest BCUT2D eigenvalue weighted by Crippen LogP contribution is -2.41. The Morgan fingerprint density at radius 3 is 2.18 bits per heavy atom. The number of hydrogen-bond donors (Lipinski definition) is 0. The van der Waals surface area contributed by atoms with Crippen molar-refractivity contribution < 1.29 is 9.59 Å². The van der Waals surface area contributed by atoms with E-state index in [1.54, 1.807) is 0 Å². The Bertz CT molecular complexity index is 988. The molecule has 1 aromatic heterocycles. The molecule has 0 N–H and O–H groups in total. The minimum absolute atomic E-state index is 0.133. The molecule has 0 saturated carbocycles. The third kappa shape index (κ3) is 5.26. The minimum atomic E-state index is -0.160. The van der Waals surface area contributed by atoms with Crippen LogP contribution in [0.1, 0.15) is 78.3 Å². The van der Waals surface area contributed by atoms with Crippen LogP contribution in [0.5, 0.6) is 0 Å². The molecule has 2 fully saturated rings. The van der Waals surface area contributed by atoms with Crippen LogP contribution in [0.2, 0.25) is 0 Å². The van der Waals surface area contributed by atoms with Gasteiger partial charge in [-0.3, -0.25) is 9.59 Å². The van der Waals surface area contributed by atoms with Crippen molar-refractivity contribution in [2.45, 2.75) is 71.6 Å². The largest absolute Gasteiger partial charge is 0.342 e. The smallest absolute Gasteiger partial charge is 0.229 e. The Labute approximate surface area is 197 Å². The molecular weight excluding hydrogens is 412 g/mol. The lowest BCUT2D eigenvalue weighted by Gasteiger charge is -2.34. The van der Waals surface area contributed by atoms with Crippen molar-refractivity contribution in [2.24, 2.45) is 0 Å². The predicted molar refractivity (Wildman–Crippen MR) is 129 cm³/mol. The molecule has 3 heterocycles. The Hall–Kier alpha value is -2.76. The summed E-state index contributed by atoms with van der Waals surface area (Å²) in [7, 11) is 0. The average molecular weight is 449 g/mol. The molecule has 2 aromatic rings. The molecule has 2 aliphatic heterocycles. The van der Waals surface area contributed by atoms with E-state index in [1.807, 2.05) is 30.6 Å². The van der Waals surface area contributed by atoms with Gasteiger partial charge in [-0.15, -0.1) is 0 Å². The Morgan fingerprint density at radius 1 is 0.939 bits per heavy atom. The van der Waals surface area contributed by atoms with E-state index in [0.717, 1.165) is 73.7 Å². The van der Waals surface area contributed by atoms with E-state index in [4.69, 9.17) is 9.97 Å². The molecular formula is C27H36N4O2. The van der Waals surface area contributed by atoms with Crippen molar-refractivity contribution in [1.29, 1.82) is 0 Å². The van der Waals surface area contributed by atoms with Gasteiger partial charge in [-0.2, -0.15) is 0 Å². The maximum absolute atomic E-state index is 13.2. The summed E-state index contributed by atoms with van der Waals surface area (Å²) in [5.74, 6) is 1.13. The first kappa shape index (κ1) is 23.4. The first-order valence-electron chi connectivity index (χ1n) is 12.3. The number of aromatic nitrogens is 2. The molecule has 2 unspecified atom stereocenters. The molecule has 0 bridgehead atoms. The van der Waals surface area contributed by atoms with E-state index in [1.165, 1.54) is 5.56 Å². The normalized spacial score (nSPS) is 19.6. The maximum Gasteiger partial charge on any atom is 0.229 e. The highest BCUT2D eigenvalue weighted by Crippen LogP contribution is 2.29. The van der Waals surface area contributed by atoms with Crippen LogP contribution in [0.4, 0.5) is 0 Å². The summed E-state index contributed by atoms with van der Waals surface area (Å²) < 4.78 is 0. The Balaban J connectivity index is 1.45. The molecule has 33 heavy (non-hydrogen) atoms. The summed E-state index contributed by atoms with van der Waals surface area (Å²) in [6, 6.07) is 8.23. The van der Waals surface area contributed by atoms with E-state index in [9.17, 15) is 9.59 Å². The van der Waals surface area contributed by atoms with Crippen molar-refractivity contribution in [3.8, 4) is 0 Å². The number of rotatable bonds is 5. The van der Waals surface area contributed by atoms with Gasteiger partial charge in [0, 0.05) is 49.0 Å². The molecule has 2 saturated heterocycles. The number of piperidine rings is 1. The number of aryl methyl sites for hydroxylation is 3. The number of amides is 2. The van der Waals surface area contributed by atoms with Crippen LogP contribution in [-0.4, -0.2) is 57.8 Å². The van der Waals surface area contributed by atoms with Gasteiger partial charge in [0.2, 0.25) is 11.8 Å². The first-order valence-corrected chi connectivity index (χ1v) is 12.3. The molecule has 2 atom stereocenters. The van der Waals surface area contributed by atoms with Gasteiger partial charge in [0.1, 0.15) is 5.82 Å². The van der Waals surface area contributed by atoms with Crippen LogP contribution in [0, 0.1) is 20.8 Å². The van der Waals surface area contributed by atoms with E-state index in [0.29, 0.717) is 13.0 Å². The summed E-state index contributed by atoms with van der Waals surface area (Å²) in [5, 5.41) is 0. The highest BCUT2D eigenvalue weighted by atomic mass is 16.2. The summed E-state index contributed by atoms with van der Waals surface area (Å²) in [4.78, 5) is 39.5. The minimum Gasteiger partial charge on any atom is -0.342 e. The summed E-state index contributed by atoms with van der Waals surface area (Å²) in [5.41, 5.74) is 4.99. The lowest BCUT2D eigenvalue weighted by atomic mass is 9.93. The molecule has 0 spiro atoms. The fraction of sp³-hybridized carbons (Fsp3) is 0.556. The summed E-state index contributed by atoms with van der Waals surface area (Å²) >= 11 is 0. The van der Waals surface area contributed by atoms with Gasteiger partial charge in [0.25, 0.3) is 0 Å². The van der Waals surface area contributed by atoms with Gasteiger partial charge in [0.15, 0.2) is 0 Å². The number of likely N-dealkylation sites (tertiary alicyclic amines) is 2. The van der Waals surface area contributed by atoms with Gasteiger partial charge in [-0.05, 0) is 58.9 Å². The molecule has 0 aliphatic carbocycles. The van der Waals surface area contributed by atoms with Gasteiger partial charge in [-0.1, -0.05) is 29.8 Å². The number of hydrogen-bond acceptors (Lipinski definition) is 4. The molecule has 1 aromatic carbocycles. The topological polar surface area (TPSA) is 66.4 Å². The number of carbonyl (C=O) groups is 2. The van der Waals surface area contributed by atoms with Crippen LogP contribution >= 0.6 is 0 Å². The maximum atomic E-state index is 13.2. The van der Waals surface area contributed by atoms with Crippen LogP contribution in [-0.2, 0) is 16.0 Å². The predicted octanol–water partition coefficient (Wildman–Crippen LogP) is 4.08. The fourth-order valence-corrected chi connectivity index (χ4v) is 5.09. The van der Waals surface area contributed by atoms with Crippen LogP contribution in [0.25, 0.3) is 0 Å². The molecule has 2 amide bonds. The zero-order chi connectivity index (χ0) is 23.5. The quantitative estimate of drug-likeness (QED) is 0.691. The molecule has 6 heteroatoms. The van der Waals surface area contributed by atoms with Gasteiger partial charge in [-0.25, -0.2) is 9.97 Å². The molecule has 0 radical (unpaired) electrons. The number of carbonyl (C=O) groups excluding carboxylic acids is 2. The second-order valence-corrected chi connectivity index (χ2v) is 9.75. The van der Waals surface area contributed by atoms with Crippen molar-refractivity contribution in [3.63, 3.8) is 0 Å². The fourth-order valence-electron chi connectivity index (χ4n) is 5.09.